The molecule has 1 aliphatic carbocycles. The number of nitrogens with zero attached hydrogens (tertiary/aromatic N) is 1. The van der Waals surface area contributed by atoms with Crippen LogP contribution in [0.25, 0.3) is 0 Å². The van der Waals surface area contributed by atoms with Crippen LogP contribution in [0.5, 0.6) is 0 Å². The van der Waals surface area contributed by atoms with Gasteiger partial charge in [0.05, 0.1) is 11.8 Å². The van der Waals surface area contributed by atoms with Crippen LogP contribution in [0.15, 0.2) is 47.3 Å². The minimum absolute atomic E-state index is 0.00934. The van der Waals surface area contributed by atoms with Crippen molar-refractivity contribution in [2.45, 2.75) is 19.3 Å². The summed E-state index contributed by atoms with van der Waals surface area (Å²) in [5, 5.41) is 2.80. The second-order valence-corrected chi connectivity index (χ2v) is 6.92. The molecular formula is C19H19FN2O3. The lowest BCUT2D eigenvalue weighted by molar-refractivity contribution is -0.118. The smallest absolute Gasteiger partial charge is 0.257 e. The van der Waals surface area contributed by atoms with Crippen molar-refractivity contribution in [3.8, 4) is 0 Å². The third kappa shape index (κ3) is 3.04. The monoisotopic (exact) mass is 342 g/mol. The molecule has 1 spiro atoms. The molecule has 0 radical (unpaired) electrons. The average molecular weight is 342 g/mol. The summed E-state index contributed by atoms with van der Waals surface area (Å²) in [6.07, 6.45) is 5.42. The molecule has 1 saturated carbocycles. The highest BCUT2D eigenvalue weighted by Gasteiger charge is 2.58. The molecule has 2 aromatic rings. The molecule has 2 amide bonds. The lowest BCUT2D eigenvalue weighted by Crippen LogP contribution is -2.40. The minimum Gasteiger partial charge on any atom is -0.472 e. The lowest BCUT2D eigenvalue weighted by Gasteiger charge is -2.32. The molecule has 2 aliphatic rings. The van der Waals surface area contributed by atoms with Gasteiger partial charge in [-0.3, -0.25) is 9.59 Å². The van der Waals surface area contributed by atoms with E-state index in [-0.39, 0.29) is 29.0 Å². The predicted molar refractivity (Wildman–Crippen MR) is 89.4 cm³/mol. The fourth-order valence-electron chi connectivity index (χ4n) is 3.79. The molecule has 4 rings (SSSR count). The van der Waals surface area contributed by atoms with Crippen molar-refractivity contribution in [3.63, 3.8) is 0 Å². The molecule has 2 fully saturated rings. The van der Waals surface area contributed by atoms with Crippen molar-refractivity contribution in [3.05, 3.63) is 54.2 Å². The second-order valence-electron chi connectivity index (χ2n) is 6.92. The zero-order valence-corrected chi connectivity index (χ0v) is 13.7. The Kier molecular flexibility index (Phi) is 3.82. The number of carbonyl (C=O) groups is 2. The van der Waals surface area contributed by atoms with Crippen LogP contribution in [0.3, 0.4) is 0 Å². The number of carbonyl (C=O) groups excluding carboxylic acids is 2. The number of piperidine rings is 1. The van der Waals surface area contributed by atoms with Crippen LogP contribution >= 0.6 is 0 Å². The Morgan fingerprint density at radius 2 is 2.04 bits per heavy atom. The van der Waals surface area contributed by atoms with E-state index in [1.165, 1.54) is 24.7 Å². The van der Waals surface area contributed by atoms with Crippen molar-refractivity contribution in [2.24, 2.45) is 11.3 Å². The molecule has 1 atom stereocenters. The van der Waals surface area contributed by atoms with Crippen LogP contribution in [0.4, 0.5) is 10.1 Å². The fraction of sp³-hybridized carbons (Fsp3) is 0.368. The molecular weight excluding hydrogens is 323 g/mol. The lowest BCUT2D eigenvalue weighted by atomic mass is 9.90. The number of halogens is 1. The zero-order valence-electron chi connectivity index (χ0n) is 13.7. The second kappa shape index (κ2) is 6.02. The molecule has 1 saturated heterocycles. The molecule has 0 bridgehead atoms. The average Bonchev–Trinajstić information content (AvgIpc) is 3.05. The van der Waals surface area contributed by atoms with E-state index in [0.717, 1.165) is 19.3 Å². The standard InChI is InChI=1S/C19H19FN2O3/c20-14-2-1-3-15(10-14)21-17(23)16-11-19(16)5-7-22(8-6-19)18(24)13-4-9-25-12-13/h1-4,9-10,12,16H,5-8,11H2,(H,21,23). The summed E-state index contributed by atoms with van der Waals surface area (Å²) in [7, 11) is 0. The molecule has 2 heterocycles. The maximum atomic E-state index is 13.2. The van der Waals surface area contributed by atoms with Gasteiger partial charge in [-0.25, -0.2) is 4.39 Å². The number of anilines is 1. The van der Waals surface area contributed by atoms with E-state index in [2.05, 4.69) is 5.32 Å². The highest BCUT2D eigenvalue weighted by Crippen LogP contribution is 2.59. The largest absolute Gasteiger partial charge is 0.472 e. The Balaban J connectivity index is 1.34. The van der Waals surface area contributed by atoms with Crippen LogP contribution in [0.2, 0.25) is 0 Å². The van der Waals surface area contributed by atoms with Gasteiger partial charge in [0.1, 0.15) is 12.1 Å². The number of hydrogen-bond acceptors (Lipinski definition) is 3. The number of nitrogens with one attached hydrogen (secondary N) is 1. The molecule has 1 aromatic heterocycles. The number of amides is 2. The quantitative estimate of drug-likeness (QED) is 0.931. The van der Waals surface area contributed by atoms with Crippen LogP contribution in [0, 0.1) is 17.2 Å². The zero-order chi connectivity index (χ0) is 17.4. The van der Waals surface area contributed by atoms with E-state index in [9.17, 15) is 14.0 Å². The Morgan fingerprint density at radius 3 is 2.72 bits per heavy atom. The maximum Gasteiger partial charge on any atom is 0.257 e. The summed E-state index contributed by atoms with van der Waals surface area (Å²) in [5.74, 6) is -0.499. The molecule has 1 N–H and O–H groups in total. The molecule has 1 aromatic carbocycles. The first-order chi connectivity index (χ1) is 12.1. The number of benzene rings is 1. The topological polar surface area (TPSA) is 62.6 Å². The van der Waals surface area contributed by atoms with Gasteiger partial charge in [-0.05, 0) is 48.9 Å². The van der Waals surface area contributed by atoms with E-state index in [0.29, 0.717) is 24.3 Å². The number of rotatable bonds is 3. The summed E-state index contributed by atoms with van der Waals surface area (Å²) < 4.78 is 18.2. The third-order valence-electron chi connectivity index (χ3n) is 5.41. The van der Waals surface area contributed by atoms with Gasteiger partial charge in [0.25, 0.3) is 5.91 Å². The number of hydrogen-bond donors (Lipinski definition) is 1. The van der Waals surface area contributed by atoms with Crippen LogP contribution in [-0.2, 0) is 4.79 Å². The van der Waals surface area contributed by atoms with Crippen LogP contribution in [-0.4, -0.2) is 29.8 Å². The molecule has 6 heteroatoms. The Hall–Kier alpha value is -2.63. The number of likely N-dealkylation sites (tertiary alicyclic amines) is 1. The first-order valence-corrected chi connectivity index (χ1v) is 8.45. The van der Waals surface area contributed by atoms with E-state index in [1.54, 1.807) is 18.2 Å². The first kappa shape index (κ1) is 15.9. The molecule has 1 aliphatic heterocycles. The van der Waals surface area contributed by atoms with Gasteiger partial charge >= 0.3 is 0 Å². The predicted octanol–water partition coefficient (Wildman–Crippen LogP) is 3.30. The van der Waals surface area contributed by atoms with Crippen molar-refractivity contribution < 1.29 is 18.4 Å². The van der Waals surface area contributed by atoms with Crippen LogP contribution in [0.1, 0.15) is 29.6 Å². The summed E-state index contributed by atoms with van der Waals surface area (Å²) in [6.45, 7) is 1.29. The summed E-state index contributed by atoms with van der Waals surface area (Å²) in [6, 6.07) is 7.59. The highest BCUT2D eigenvalue weighted by molar-refractivity contribution is 5.95. The van der Waals surface area contributed by atoms with E-state index >= 15 is 0 Å². The van der Waals surface area contributed by atoms with Gasteiger partial charge in [0.15, 0.2) is 0 Å². The number of furan rings is 1. The first-order valence-electron chi connectivity index (χ1n) is 8.45. The Morgan fingerprint density at radius 1 is 1.24 bits per heavy atom. The summed E-state index contributed by atoms with van der Waals surface area (Å²) >= 11 is 0. The van der Waals surface area contributed by atoms with E-state index in [4.69, 9.17) is 4.42 Å². The molecule has 5 nitrogen and oxygen atoms in total. The van der Waals surface area contributed by atoms with E-state index < -0.39 is 0 Å². The van der Waals surface area contributed by atoms with Gasteiger partial charge in [0.2, 0.25) is 5.91 Å². The summed E-state index contributed by atoms with van der Waals surface area (Å²) in [4.78, 5) is 26.6. The third-order valence-corrected chi connectivity index (χ3v) is 5.41. The van der Waals surface area contributed by atoms with Gasteiger partial charge in [-0.15, -0.1) is 0 Å². The fourth-order valence-corrected chi connectivity index (χ4v) is 3.79. The van der Waals surface area contributed by atoms with Gasteiger partial charge in [0, 0.05) is 24.7 Å². The van der Waals surface area contributed by atoms with Crippen molar-refractivity contribution in [2.75, 3.05) is 18.4 Å². The molecule has 25 heavy (non-hydrogen) atoms. The Bertz CT molecular complexity index is 795. The SMILES string of the molecule is O=C(Nc1cccc(F)c1)C1CC12CCN(C(=O)c1ccoc1)CC2. The van der Waals surface area contributed by atoms with E-state index in [1.807, 2.05) is 4.90 Å². The van der Waals surface area contributed by atoms with Crippen LogP contribution < -0.4 is 5.32 Å². The Labute approximate surface area is 144 Å². The normalized spacial score (nSPS) is 21.2. The highest BCUT2D eigenvalue weighted by atomic mass is 19.1. The molecule has 1 unspecified atom stereocenters. The minimum atomic E-state index is -0.366. The van der Waals surface area contributed by atoms with Crippen molar-refractivity contribution in [1.29, 1.82) is 0 Å². The van der Waals surface area contributed by atoms with Gasteiger partial charge < -0.3 is 14.6 Å². The summed E-state index contributed by atoms with van der Waals surface area (Å²) in [5.41, 5.74) is 1.04. The van der Waals surface area contributed by atoms with Gasteiger partial charge in [-0.1, -0.05) is 6.07 Å². The van der Waals surface area contributed by atoms with Gasteiger partial charge in [-0.2, -0.15) is 0 Å². The van der Waals surface area contributed by atoms with Crippen molar-refractivity contribution in [1.82, 2.24) is 4.90 Å². The molecule has 130 valence electrons. The van der Waals surface area contributed by atoms with Crippen molar-refractivity contribution >= 4 is 17.5 Å². The maximum absolute atomic E-state index is 13.2.